The molecule has 0 saturated carbocycles. The van der Waals surface area contributed by atoms with E-state index in [0.29, 0.717) is 5.92 Å². The second-order valence-electron chi connectivity index (χ2n) is 5.15. The monoisotopic (exact) mass is 340 g/mol. The molecule has 2 aromatic carbocycles. The third-order valence-electron chi connectivity index (χ3n) is 3.71. The summed E-state index contributed by atoms with van der Waals surface area (Å²) in [6.45, 7) is 2.23. The van der Waals surface area contributed by atoms with E-state index in [1.807, 2.05) is 35.1 Å². The van der Waals surface area contributed by atoms with Crippen molar-refractivity contribution in [1.82, 2.24) is 9.78 Å². The van der Waals surface area contributed by atoms with Gasteiger partial charge in [-0.05, 0) is 23.6 Å². The van der Waals surface area contributed by atoms with Crippen LogP contribution in [0, 0.1) is 0 Å². The van der Waals surface area contributed by atoms with E-state index >= 15 is 0 Å². The van der Waals surface area contributed by atoms with Crippen molar-refractivity contribution in [2.24, 2.45) is 0 Å². The van der Waals surface area contributed by atoms with Gasteiger partial charge in [-0.25, -0.2) is 4.68 Å². The highest BCUT2D eigenvalue weighted by atomic mass is 79.9. The maximum absolute atomic E-state index is 4.47. The van der Waals surface area contributed by atoms with Crippen LogP contribution in [0.25, 0.3) is 5.69 Å². The van der Waals surface area contributed by atoms with E-state index in [1.165, 1.54) is 11.1 Å². The van der Waals surface area contributed by atoms with Crippen LogP contribution in [0.5, 0.6) is 0 Å². The zero-order chi connectivity index (χ0) is 14.7. The molecule has 3 aromatic rings. The predicted octanol–water partition coefficient (Wildman–Crippen LogP) is 5.11. The van der Waals surface area contributed by atoms with E-state index in [0.717, 1.165) is 5.69 Å². The van der Waals surface area contributed by atoms with Crippen molar-refractivity contribution in [3.8, 4) is 5.69 Å². The number of hydrogen-bond acceptors (Lipinski definition) is 1. The van der Waals surface area contributed by atoms with Gasteiger partial charge in [0.25, 0.3) is 0 Å². The molecule has 3 rings (SSSR count). The van der Waals surface area contributed by atoms with Gasteiger partial charge < -0.3 is 0 Å². The molecule has 0 radical (unpaired) electrons. The summed E-state index contributed by atoms with van der Waals surface area (Å²) >= 11 is 3.82. The number of alkyl halides is 1. The summed E-state index contributed by atoms with van der Waals surface area (Å²) in [5.41, 5.74) is 3.60. The summed E-state index contributed by atoms with van der Waals surface area (Å²) in [6, 6.07) is 20.7. The van der Waals surface area contributed by atoms with E-state index in [1.54, 1.807) is 0 Å². The first-order chi connectivity index (χ1) is 10.3. The Bertz CT molecular complexity index is 692. The molecule has 0 bridgehead atoms. The van der Waals surface area contributed by atoms with Crippen molar-refractivity contribution in [1.29, 1.82) is 0 Å². The molecular formula is C18H17BrN2. The standard InChI is InChI=1S/C18H17BrN2/c1-14(15-8-4-2-5-9-15)18(19)16-12-20-21(13-16)17-10-6-3-7-11-17/h2-14,18H,1H3. The molecule has 1 heterocycles. The SMILES string of the molecule is CC(c1ccccc1)C(Br)c1cnn(-c2ccccc2)c1. The summed E-state index contributed by atoms with van der Waals surface area (Å²) < 4.78 is 1.92. The van der Waals surface area contributed by atoms with Gasteiger partial charge in [0.2, 0.25) is 0 Å². The number of aromatic nitrogens is 2. The van der Waals surface area contributed by atoms with E-state index in [4.69, 9.17) is 0 Å². The molecule has 2 atom stereocenters. The Balaban J connectivity index is 1.83. The fourth-order valence-corrected chi connectivity index (χ4v) is 2.96. The fourth-order valence-electron chi connectivity index (χ4n) is 2.42. The highest BCUT2D eigenvalue weighted by molar-refractivity contribution is 9.09. The molecule has 0 aliphatic rings. The number of halogens is 1. The van der Waals surface area contributed by atoms with Gasteiger partial charge in [-0.1, -0.05) is 71.4 Å². The van der Waals surface area contributed by atoms with Crippen LogP contribution in [0.15, 0.2) is 73.1 Å². The van der Waals surface area contributed by atoms with Gasteiger partial charge in [0.1, 0.15) is 0 Å². The number of benzene rings is 2. The van der Waals surface area contributed by atoms with Gasteiger partial charge in [0, 0.05) is 16.6 Å². The average molecular weight is 341 g/mol. The molecule has 0 fully saturated rings. The van der Waals surface area contributed by atoms with Gasteiger partial charge >= 0.3 is 0 Å². The highest BCUT2D eigenvalue weighted by Crippen LogP contribution is 2.37. The van der Waals surface area contributed by atoms with Gasteiger partial charge in [0.15, 0.2) is 0 Å². The summed E-state index contributed by atoms with van der Waals surface area (Å²) in [5, 5.41) is 4.47. The van der Waals surface area contributed by atoms with Crippen LogP contribution in [0.4, 0.5) is 0 Å². The Morgan fingerprint density at radius 1 is 0.905 bits per heavy atom. The van der Waals surface area contributed by atoms with Gasteiger partial charge in [-0.2, -0.15) is 5.10 Å². The van der Waals surface area contributed by atoms with Crippen molar-refractivity contribution < 1.29 is 0 Å². The fraction of sp³-hybridized carbons (Fsp3) is 0.167. The van der Waals surface area contributed by atoms with Crippen LogP contribution < -0.4 is 0 Å². The largest absolute Gasteiger partial charge is 0.241 e. The first-order valence-corrected chi connectivity index (χ1v) is 7.96. The molecule has 21 heavy (non-hydrogen) atoms. The molecule has 0 saturated heterocycles. The highest BCUT2D eigenvalue weighted by Gasteiger charge is 2.19. The van der Waals surface area contributed by atoms with Gasteiger partial charge in [-0.3, -0.25) is 0 Å². The Labute approximate surface area is 133 Å². The van der Waals surface area contributed by atoms with Crippen molar-refractivity contribution in [2.75, 3.05) is 0 Å². The molecule has 3 heteroatoms. The zero-order valence-electron chi connectivity index (χ0n) is 11.9. The minimum Gasteiger partial charge on any atom is -0.241 e. The van der Waals surface area contributed by atoms with Crippen LogP contribution in [0.2, 0.25) is 0 Å². The summed E-state index contributed by atoms with van der Waals surface area (Å²) in [4.78, 5) is 0.248. The van der Waals surface area contributed by atoms with E-state index in [9.17, 15) is 0 Å². The number of para-hydroxylation sites is 1. The first-order valence-electron chi connectivity index (χ1n) is 7.04. The van der Waals surface area contributed by atoms with E-state index in [2.05, 4.69) is 70.5 Å². The zero-order valence-corrected chi connectivity index (χ0v) is 13.4. The topological polar surface area (TPSA) is 17.8 Å². The molecule has 106 valence electrons. The minimum atomic E-state index is 0.248. The molecule has 0 aliphatic carbocycles. The third-order valence-corrected chi connectivity index (χ3v) is 5.03. The minimum absolute atomic E-state index is 0.248. The van der Waals surface area contributed by atoms with Crippen molar-refractivity contribution >= 4 is 15.9 Å². The lowest BCUT2D eigenvalue weighted by Crippen LogP contribution is -2.01. The van der Waals surface area contributed by atoms with Gasteiger partial charge in [-0.15, -0.1) is 0 Å². The lowest BCUT2D eigenvalue weighted by Gasteiger charge is -2.17. The average Bonchev–Trinajstić information content (AvgIpc) is 3.05. The molecule has 0 spiro atoms. The van der Waals surface area contributed by atoms with Crippen LogP contribution in [0.1, 0.15) is 28.8 Å². The lowest BCUT2D eigenvalue weighted by molar-refractivity contribution is 0.751. The summed E-state index contributed by atoms with van der Waals surface area (Å²) in [5.74, 6) is 0.389. The first kappa shape index (κ1) is 14.1. The second kappa shape index (κ2) is 6.27. The molecule has 0 N–H and O–H groups in total. The van der Waals surface area contributed by atoms with Crippen molar-refractivity contribution in [3.63, 3.8) is 0 Å². The Kier molecular flexibility index (Phi) is 4.20. The molecule has 0 amide bonds. The normalized spacial score (nSPS) is 13.8. The third kappa shape index (κ3) is 3.08. The summed E-state index contributed by atoms with van der Waals surface area (Å²) in [7, 11) is 0. The Morgan fingerprint density at radius 3 is 2.19 bits per heavy atom. The van der Waals surface area contributed by atoms with E-state index in [-0.39, 0.29) is 4.83 Å². The number of hydrogen-bond donors (Lipinski definition) is 0. The van der Waals surface area contributed by atoms with Crippen LogP contribution in [-0.4, -0.2) is 9.78 Å². The van der Waals surface area contributed by atoms with Crippen molar-refractivity contribution in [2.45, 2.75) is 17.7 Å². The molecular weight excluding hydrogens is 324 g/mol. The summed E-state index contributed by atoms with van der Waals surface area (Å²) in [6.07, 6.45) is 4.03. The predicted molar refractivity (Wildman–Crippen MR) is 90.1 cm³/mol. The Morgan fingerprint density at radius 2 is 1.52 bits per heavy atom. The van der Waals surface area contributed by atoms with Crippen LogP contribution in [0.3, 0.4) is 0 Å². The van der Waals surface area contributed by atoms with E-state index < -0.39 is 0 Å². The van der Waals surface area contributed by atoms with Crippen LogP contribution >= 0.6 is 15.9 Å². The number of rotatable bonds is 4. The lowest BCUT2D eigenvalue weighted by atomic mass is 9.95. The molecule has 0 aliphatic heterocycles. The molecule has 2 unspecified atom stereocenters. The molecule has 2 nitrogen and oxygen atoms in total. The maximum Gasteiger partial charge on any atom is 0.0645 e. The molecule has 1 aromatic heterocycles. The van der Waals surface area contributed by atoms with Crippen molar-refractivity contribution in [3.05, 3.63) is 84.2 Å². The van der Waals surface area contributed by atoms with Crippen LogP contribution in [-0.2, 0) is 0 Å². The quantitative estimate of drug-likeness (QED) is 0.603. The maximum atomic E-state index is 4.47. The second-order valence-corrected chi connectivity index (χ2v) is 6.14. The Hall–Kier alpha value is -1.87. The smallest absolute Gasteiger partial charge is 0.0645 e. The number of nitrogens with zero attached hydrogens (tertiary/aromatic N) is 2. The van der Waals surface area contributed by atoms with Gasteiger partial charge in [0.05, 0.1) is 11.9 Å².